The molecule has 1 aliphatic heterocycles. The lowest BCUT2D eigenvalue weighted by molar-refractivity contribution is -0.135. The van der Waals surface area contributed by atoms with Gasteiger partial charge in [-0.2, -0.15) is 0 Å². The normalized spacial score (nSPS) is 16.0. The van der Waals surface area contributed by atoms with E-state index < -0.39 is 25.2 Å². The Bertz CT molecular complexity index is 678. The van der Waals surface area contributed by atoms with Gasteiger partial charge < -0.3 is 24.0 Å². The van der Waals surface area contributed by atoms with E-state index in [-0.39, 0.29) is 13.2 Å². The van der Waals surface area contributed by atoms with Crippen LogP contribution in [0.25, 0.3) is 0 Å². The minimum Gasteiger partial charge on any atom is -0.378 e. The molecule has 2 amide bonds. The van der Waals surface area contributed by atoms with E-state index in [1.807, 2.05) is 6.92 Å². The minimum atomic E-state index is -3.90. The molecule has 8 nitrogen and oxygen atoms in total. The number of benzene rings is 1. The molecule has 1 N–H and O–H groups in total. The summed E-state index contributed by atoms with van der Waals surface area (Å²) in [6.45, 7) is 6.88. The van der Waals surface area contributed by atoms with E-state index in [1.54, 1.807) is 38.1 Å². The smallest absolute Gasteiger partial charge is 0.362 e. The van der Waals surface area contributed by atoms with Crippen LogP contribution in [0.3, 0.4) is 0 Å². The van der Waals surface area contributed by atoms with Crippen molar-refractivity contribution < 1.29 is 27.9 Å². The fraction of sp³-hybridized carbons (Fsp3) is 0.556. The van der Waals surface area contributed by atoms with Crippen LogP contribution in [0, 0.1) is 6.92 Å². The van der Waals surface area contributed by atoms with Gasteiger partial charge in [0.25, 0.3) is 11.8 Å². The van der Waals surface area contributed by atoms with Gasteiger partial charge in [-0.25, -0.2) is 0 Å². The molecule has 0 saturated carbocycles. The average Bonchev–Trinajstić information content (AvgIpc) is 2.67. The van der Waals surface area contributed by atoms with Crippen molar-refractivity contribution in [1.29, 1.82) is 0 Å². The predicted octanol–water partition coefficient (Wildman–Crippen LogP) is 2.18. The zero-order chi connectivity index (χ0) is 19.9. The number of rotatable bonds is 8. The van der Waals surface area contributed by atoms with Crippen molar-refractivity contribution in [1.82, 2.24) is 10.2 Å². The van der Waals surface area contributed by atoms with Crippen molar-refractivity contribution >= 4 is 19.4 Å². The second-order valence-corrected chi connectivity index (χ2v) is 8.17. The van der Waals surface area contributed by atoms with Crippen molar-refractivity contribution in [3.63, 3.8) is 0 Å². The van der Waals surface area contributed by atoms with Gasteiger partial charge in [0.2, 0.25) is 5.78 Å². The molecule has 1 aromatic rings. The van der Waals surface area contributed by atoms with Gasteiger partial charge >= 0.3 is 7.60 Å². The zero-order valence-corrected chi connectivity index (χ0v) is 16.9. The van der Waals surface area contributed by atoms with Gasteiger partial charge in [-0.05, 0) is 32.9 Å². The zero-order valence-electron chi connectivity index (χ0n) is 16.0. The molecule has 1 saturated heterocycles. The molecular weight excluding hydrogens is 371 g/mol. The lowest BCUT2D eigenvalue weighted by Gasteiger charge is -2.33. The number of carbonyl (C=O) groups is 2. The van der Waals surface area contributed by atoms with Crippen LogP contribution in [-0.4, -0.2) is 62.0 Å². The topological polar surface area (TPSA) is 94.2 Å². The molecule has 0 bridgehead atoms. The van der Waals surface area contributed by atoms with E-state index in [1.165, 1.54) is 4.90 Å². The third-order valence-electron chi connectivity index (χ3n) is 4.07. The largest absolute Gasteiger partial charge is 0.378 e. The van der Waals surface area contributed by atoms with Crippen LogP contribution < -0.4 is 5.32 Å². The monoisotopic (exact) mass is 398 g/mol. The molecule has 0 spiro atoms. The molecule has 1 atom stereocenters. The third-order valence-corrected chi connectivity index (χ3v) is 6.29. The number of hydrogen-bond acceptors (Lipinski definition) is 6. The fourth-order valence-corrected chi connectivity index (χ4v) is 4.49. The number of morpholine rings is 1. The Morgan fingerprint density at radius 3 is 2.22 bits per heavy atom. The first kappa shape index (κ1) is 21.6. The lowest BCUT2D eigenvalue weighted by atomic mass is 10.1. The second kappa shape index (κ2) is 9.99. The maximum Gasteiger partial charge on any atom is 0.362 e. The molecule has 1 unspecified atom stereocenters. The van der Waals surface area contributed by atoms with Crippen LogP contribution in [0.15, 0.2) is 24.3 Å². The number of nitrogens with zero attached hydrogens (tertiary/aromatic N) is 1. The summed E-state index contributed by atoms with van der Waals surface area (Å²) in [4.78, 5) is 27.2. The molecule has 150 valence electrons. The van der Waals surface area contributed by atoms with Gasteiger partial charge in [-0.1, -0.05) is 17.7 Å². The van der Waals surface area contributed by atoms with Gasteiger partial charge in [0, 0.05) is 18.7 Å². The van der Waals surface area contributed by atoms with Gasteiger partial charge in [0.05, 0.1) is 26.4 Å². The molecule has 0 aliphatic carbocycles. The Balaban J connectivity index is 2.29. The lowest BCUT2D eigenvalue weighted by Crippen LogP contribution is -2.52. The van der Waals surface area contributed by atoms with E-state index in [2.05, 4.69) is 5.32 Å². The number of hydrogen-bond donors (Lipinski definition) is 1. The fourth-order valence-electron chi connectivity index (χ4n) is 2.69. The summed E-state index contributed by atoms with van der Waals surface area (Å²) in [5.41, 5.74) is 1.36. The van der Waals surface area contributed by atoms with E-state index in [0.29, 0.717) is 31.9 Å². The molecular formula is C18H27N2O6P. The number of nitrogens with one attached hydrogen (secondary N) is 1. The summed E-state index contributed by atoms with van der Waals surface area (Å²) in [6, 6.07) is 6.87. The van der Waals surface area contributed by atoms with Crippen LogP contribution in [0.2, 0.25) is 0 Å². The third kappa shape index (κ3) is 5.62. The number of ether oxygens (including phenoxy) is 1. The van der Waals surface area contributed by atoms with E-state index in [4.69, 9.17) is 13.8 Å². The van der Waals surface area contributed by atoms with Gasteiger partial charge in [-0.3, -0.25) is 14.2 Å². The molecule has 1 aliphatic rings. The molecule has 9 heteroatoms. The summed E-state index contributed by atoms with van der Waals surface area (Å²) in [6.07, 6.45) is 0. The SMILES string of the molecule is CCOP(=O)(OCC)C(NC(=O)c1ccc(C)cc1)C(=O)N1CCOCC1. The number of aryl methyl sites for hydroxylation is 1. The van der Waals surface area contributed by atoms with Crippen LogP contribution in [-0.2, 0) is 23.1 Å². The summed E-state index contributed by atoms with van der Waals surface area (Å²) in [5, 5.41) is 2.58. The average molecular weight is 398 g/mol. The van der Waals surface area contributed by atoms with Gasteiger partial charge in [0.15, 0.2) is 0 Å². The highest BCUT2D eigenvalue weighted by atomic mass is 31.2. The van der Waals surface area contributed by atoms with Crippen molar-refractivity contribution in [2.75, 3.05) is 39.5 Å². The Morgan fingerprint density at radius 2 is 1.70 bits per heavy atom. The molecule has 0 radical (unpaired) electrons. The number of carbonyl (C=O) groups excluding carboxylic acids is 2. The van der Waals surface area contributed by atoms with Crippen molar-refractivity contribution in [3.05, 3.63) is 35.4 Å². The maximum absolute atomic E-state index is 13.3. The minimum absolute atomic E-state index is 0.0879. The second-order valence-electron chi connectivity index (χ2n) is 6.06. The summed E-state index contributed by atoms with van der Waals surface area (Å²) < 4.78 is 29.2. The van der Waals surface area contributed by atoms with Crippen molar-refractivity contribution in [2.24, 2.45) is 0 Å². The van der Waals surface area contributed by atoms with Crippen LogP contribution in [0.5, 0.6) is 0 Å². The van der Waals surface area contributed by atoms with Crippen LogP contribution in [0.1, 0.15) is 29.8 Å². The Hall–Kier alpha value is -1.73. The molecule has 1 fully saturated rings. The molecule has 1 aromatic carbocycles. The highest BCUT2D eigenvalue weighted by Gasteiger charge is 2.44. The van der Waals surface area contributed by atoms with Gasteiger partial charge in [-0.15, -0.1) is 0 Å². The maximum atomic E-state index is 13.3. The summed E-state index contributed by atoms with van der Waals surface area (Å²) in [5.74, 6) is -2.42. The standard InChI is InChI=1S/C18H27N2O6P/c1-4-25-27(23,26-5-2)17(18(22)20-10-12-24-13-11-20)19-16(21)15-8-6-14(3)7-9-15/h6-9,17H,4-5,10-13H2,1-3H3,(H,19,21). The first-order valence-electron chi connectivity index (χ1n) is 9.04. The van der Waals surface area contributed by atoms with Gasteiger partial charge in [0.1, 0.15) is 0 Å². The Morgan fingerprint density at radius 1 is 1.15 bits per heavy atom. The molecule has 27 heavy (non-hydrogen) atoms. The number of amides is 2. The predicted molar refractivity (Wildman–Crippen MR) is 101 cm³/mol. The van der Waals surface area contributed by atoms with E-state index in [0.717, 1.165) is 5.56 Å². The molecule has 2 rings (SSSR count). The molecule has 0 aromatic heterocycles. The van der Waals surface area contributed by atoms with E-state index >= 15 is 0 Å². The Kier molecular flexibility index (Phi) is 7.98. The van der Waals surface area contributed by atoms with Crippen molar-refractivity contribution in [3.8, 4) is 0 Å². The van der Waals surface area contributed by atoms with E-state index in [9.17, 15) is 14.2 Å². The quantitative estimate of drug-likeness (QED) is 0.675. The first-order chi connectivity index (χ1) is 12.9. The summed E-state index contributed by atoms with van der Waals surface area (Å²) >= 11 is 0. The highest BCUT2D eigenvalue weighted by Crippen LogP contribution is 2.52. The molecule has 1 heterocycles. The summed E-state index contributed by atoms with van der Waals surface area (Å²) in [7, 11) is -3.90. The Labute approximate surface area is 159 Å². The van der Waals surface area contributed by atoms with Crippen LogP contribution in [0.4, 0.5) is 0 Å². The van der Waals surface area contributed by atoms with Crippen LogP contribution >= 0.6 is 7.60 Å². The van der Waals surface area contributed by atoms with Crippen molar-refractivity contribution in [2.45, 2.75) is 26.6 Å². The highest BCUT2D eigenvalue weighted by molar-refractivity contribution is 7.55. The first-order valence-corrected chi connectivity index (χ1v) is 10.6.